The van der Waals surface area contributed by atoms with Gasteiger partial charge in [-0.05, 0) is 119 Å². The Bertz CT molecular complexity index is 1290. The van der Waals surface area contributed by atoms with Crippen LogP contribution in [0.3, 0.4) is 0 Å². The molecule has 1 N–H and O–H groups in total. The molecule has 4 atom stereocenters. The summed E-state index contributed by atoms with van der Waals surface area (Å²) in [5, 5.41) is 3.18. The third-order valence-electron chi connectivity index (χ3n) is 8.28. The van der Waals surface area contributed by atoms with Crippen LogP contribution in [0.2, 0.25) is 0 Å². The van der Waals surface area contributed by atoms with Crippen LogP contribution in [-0.4, -0.2) is 5.71 Å². The van der Waals surface area contributed by atoms with E-state index >= 15 is 0 Å². The number of nitrogens with one attached hydrogen (secondary N) is 1. The molecule has 0 radical (unpaired) electrons. The quantitative estimate of drug-likeness (QED) is 0.190. The molecule has 0 saturated heterocycles. The third kappa shape index (κ3) is 21.0. The summed E-state index contributed by atoms with van der Waals surface area (Å²) in [6, 6.07) is 22.0. The van der Waals surface area contributed by atoms with E-state index in [-0.39, 0.29) is 0 Å². The van der Waals surface area contributed by atoms with Crippen molar-refractivity contribution >= 4 is 5.71 Å². The highest BCUT2D eigenvalue weighted by Gasteiger charge is 2.28. The second-order valence-electron chi connectivity index (χ2n) is 13.3. The minimum Gasteiger partial charge on any atom is -0.362 e. The van der Waals surface area contributed by atoms with Gasteiger partial charge < -0.3 is 5.32 Å². The molecule has 1 aliphatic carbocycles. The number of aliphatic imine (C=N–C) groups is 1. The van der Waals surface area contributed by atoms with Crippen LogP contribution in [0.5, 0.6) is 0 Å². The molecule has 0 spiro atoms. The normalized spacial score (nSPS) is 19.9. The number of hydrogen-bond acceptors (Lipinski definition) is 2. The van der Waals surface area contributed by atoms with Crippen molar-refractivity contribution in [2.24, 2.45) is 16.8 Å². The summed E-state index contributed by atoms with van der Waals surface area (Å²) in [6.07, 6.45) is 15.1. The highest BCUT2D eigenvalue weighted by atomic mass is 14.8. The average Bonchev–Trinajstić information content (AvgIpc) is 3.05. The summed E-state index contributed by atoms with van der Waals surface area (Å²) in [6.45, 7) is 31.2. The van der Waals surface area contributed by atoms with E-state index in [1.54, 1.807) is 12.5 Å². The minimum atomic E-state index is 0.583. The Labute approximate surface area is 291 Å². The van der Waals surface area contributed by atoms with Gasteiger partial charge >= 0.3 is 0 Å². The zero-order valence-electron chi connectivity index (χ0n) is 32.0. The molecule has 1 saturated carbocycles. The third-order valence-corrected chi connectivity index (χ3v) is 8.28. The van der Waals surface area contributed by atoms with E-state index in [0.717, 1.165) is 36.1 Å². The van der Waals surface area contributed by atoms with Gasteiger partial charge in [0.2, 0.25) is 0 Å². The van der Waals surface area contributed by atoms with E-state index in [4.69, 9.17) is 0 Å². The van der Waals surface area contributed by atoms with Crippen LogP contribution in [0.1, 0.15) is 143 Å². The molecule has 1 aliphatic heterocycles. The molecule has 0 amide bonds. The van der Waals surface area contributed by atoms with Crippen LogP contribution < -0.4 is 5.32 Å². The van der Waals surface area contributed by atoms with E-state index < -0.39 is 0 Å². The summed E-state index contributed by atoms with van der Waals surface area (Å²) in [5.74, 6) is 5.72. The number of rotatable bonds is 6. The summed E-state index contributed by atoms with van der Waals surface area (Å²) in [5.41, 5.74) is 9.07. The van der Waals surface area contributed by atoms with E-state index in [0.29, 0.717) is 11.8 Å². The maximum absolute atomic E-state index is 3.94. The fourth-order valence-electron chi connectivity index (χ4n) is 4.89. The summed E-state index contributed by atoms with van der Waals surface area (Å²) >= 11 is 0. The zero-order chi connectivity index (χ0) is 35.6. The predicted octanol–water partition coefficient (Wildman–Crippen LogP) is 13.5. The molecule has 2 aromatic rings. The maximum atomic E-state index is 3.94. The van der Waals surface area contributed by atoms with Crippen molar-refractivity contribution in [2.75, 3.05) is 0 Å². The summed E-state index contributed by atoms with van der Waals surface area (Å²) in [4.78, 5) is 3.80. The van der Waals surface area contributed by atoms with Crippen molar-refractivity contribution in [3.63, 3.8) is 0 Å². The number of hydrogen-bond donors (Lipinski definition) is 1. The fourth-order valence-corrected chi connectivity index (χ4v) is 4.89. The molecule has 2 aliphatic rings. The Balaban J connectivity index is 0.000000591. The summed E-state index contributed by atoms with van der Waals surface area (Å²) < 4.78 is 0. The lowest BCUT2D eigenvalue weighted by Gasteiger charge is -2.35. The second kappa shape index (κ2) is 26.5. The first-order valence-electron chi connectivity index (χ1n) is 17.9. The molecule has 258 valence electrons. The van der Waals surface area contributed by atoms with Gasteiger partial charge in [-0.2, -0.15) is 0 Å². The SMILES string of the molecule is C=C(C)C/C1=C/NC(=C)/C=C\C(C)C1.CC#CN=C(C)C.CCC(C)c1ccccc1.CCCC.Cc1ccccc1C1CCC1C. The van der Waals surface area contributed by atoms with Crippen molar-refractivity contribution in [2.45, 2.75) is 133 Å². The first-order valence-corrected chi connectivity index (χ1v) is 17.9. The average molecular weight is 637 g/mol. The van der Waals surface area contributed by atoms with Crippen molar-refractivity contribution in [3.8, 4) is 12.0 Å². The first-order chi connectivity index (χ1) is 22.4. The monoisotopic (exact) mass is 637 g/mol. The Morgan fingerprint density at radius 3 is 2.02 bits per heavy atom. The number of benzene rings is 2. The van der Waals surface area contributed by atoms with Gasteiger partial charge in [0, 0.05) is 23.7 Å². The number of aryl methyl sites for hydroxylation is 1. The lowest BCUT2D eigenvalue weighted by molar-refractivity contribution is 0.279. The van der Waals surface area contributed by atoms with Crippen molar-refractivity contribution in [3.05, 3.63) is 120 Å². The van der Waals surface area contributed by atoms with E-state index in [1.807, 2.05) is 19.9 Å². The highest BCUT2D eigenvalue weighted by molar-refractivity contribution is 5.80. The van der Waals surface area contributed by atoms with Gasteiger partial charge in [-0.1, -0.05) is 140 Å². The molecule has 4 unspecified atom stereocenters. The highest BCUT2D eigenvalue weighted by Crippen LogP contribution is 2.42. The molecule has 4 rings (SSSR count). The Morgan fingerprint density at radius 2 is 1.57 bits per heavy atom. The second-order valence-corrected chi connectivity index (χ2v) is 13.3. The largest absolute Gasteiger partial charge is 0.362 e. The minimum absolute atomic E-state index is 0.583. The molecule has 1 heterocycles. The smallest absolute Gasteiger partial charge is 0.0332 e. The zero-order valence-corrected chi connectivity index (χ0v) is 32.0. The predicted molar refractivity (Wildman–Crippen MR) is 213 cm³/mol. The fraction of sp³-hybridized carbons (Fsp3) is 0.489. The topological polar surface area (TPSA) is 24.4 Å². The van der Waals surface area contributed by atoms with Gasteiger partial charge in [-0.15, -0.1) is 0 Å². The Morgan fingerprint density at radius 1 is 0.957 bits per heavy atom. The Kier molecular flexibility index (Phi) is 24.5. The number of allylic oxidation sites excluding steroid dienone is 4. The van der Waals surface area contributed by atoms with Crippen molar-refractivity contribution < 1.29 is 0 Å². The van der Waals surface area contributed by atoms with Crippen LogP contribution >= 0.6 is 0 Å². The van der Waals surface area contributed by atoms with Gasteiger partial charge in [-0.3, -0.25) is 0 Å². The van der Waals surface area contributed by atoms with Crippen LogP contribution in [0, 0.1) is 30.7 Å². The van der Waals surface area contributed by atoms with Crippen LogP contribution in [0.15, 0.2) is 108 Å². The molecule has 1 fully saturated rings. The Hall–Kier alpha value is -3.57. The lowest BCUT2D eigenvalue weighted by Crippen LogP contribution is -2.21. The van der Waals surface area contributed by atoms with Gasteiger partial charge in [0.25, 0.3) is 0 Å². The van der Waals surface area contributed by atoms with Crippen LogP contribution in [0.25, 0.3) is 0 Å². The molecule has 47 heavy (non-hydrogen) atoms. The van der Waals surface area contributed by atoms with E-state index in [1.165, 1.54) is 54.4 Å². The van der Waals surface area contributed by atoms with Gasteiger partial charge in [0.05, 0.1) is 0 Å². The molecule has 2 heteroatoms. The van der Waals surface area contributed by atoms with E-state index in [2.05, 4.69) is 158 Å². The summed E-state index contributed by atoms with van der Waals surface area (Å²) in [7, 11) is 0. The molecular formula is C45H68N2. The van der Waals surface area contributed by atoms with Crippen LogP contribution in [-0.2, 0) is 0 Å². The van der Waals surface area contributed by atoms with Gasteiger partial charge in [0.15, 0.2) is 0 Å². The standard InChI is InChI=1S/C13H19N.C12H16.C10H14.C6H9N.C4H10/c1-10(2)7-13-8-11(3)5-6-12(4)14-9-13;1-9-5-3-4-6-11(9)12-8-7-10(12)2;1-3-9(2)10-7-5-4-6-8-10;1-4-5-7-6(2)3;1-3-4-2/h5-6,9,11,14H,1,4,7-8H2,2-3H3;3-6,10,12H,7-8H2,1-2H3;4-9H,3H2,1-2H3;1-3H3;3-4H2,1-2H3/b6-5-,13-9-;;;;. The maximum Gasteiger partial charge on any atom is 0.0332 e. The molecule has 2 aromatic carbocycles. The molecular weight excluding hydrogens is 569 g/mol. The van der Waals surface area contributed by atoms with Crippen molar-refractivity contribution in [1.29, 1.82) is 0 Å². The lowest BCUT2D eigenvalue weighted by atomic mass is 9.70. The van der Waals surface area contributed by atoms with Crippen LogP contribution in [0.4, 0.5) is 0 Å². The molecule has 0 bridgehead atoms. The molecule has 0 aromatic heterocycles. The first kappa shape index (κ1) is 43.4. The number of unbranched alkanes of at least 4 members (excludes halogenated alkanes) is 1. The number of nitrogens with zero attached hydrogens (tertiary/aromatic N) is 1. The van der Waals surface area contributed by atoms with E-state index in [9.17, 15) is 0 Å². The van der Waals surface area contributed by atoms with Gasteiger partial charge in [-0.25, -0.2) is 4.99 Å². The van der Waals surface area contributed by atoms with Crippen molar-refractivity contribution in [1.82, 2.24) is 5.32 Å². The van der Waals surface area contributed by atoms with Gasteiger partial charge in [0.1, 0.15) is 0 Å². The molecule has 2 nitrogen and oxygen atoms in total.